The molecule has 0 saturated carbocycles. The van der Waals surface area contributed by atoms with Crippen LogP contribution in [0, 0.1) is 0 Å². The number of carbonyl (C=O) groups excluding carboxylic acids is 2. The van der Waals surface area contributed by atoms with E-state index in [1.54, 1.807) is 11.9 Å². The van der Waals surface area contributed by atoms with Gasteiger partial charge in [0, 0.05) is 20.0 Å². The zero-order chi connectivity index (χ0) is 13.5. The first kappa shape index (κ1) is 14.2. The van der Waals surface area contributed by atoms with Crippen molar-refractivity contribution in [2.45, 2.75) is 25.7 Å². The van der Waals surface area contributed by atoms with Gasteiger partial charge in [-0.2, -0.15) is 0 Å². The van der Waals surface area contributed by atoms with Gasteiger partial charge in [-0.1, -0.05) is 37.3 Å². The Bertz CT molecular complexity index is 404. The Labute approximate surface area is 108 Å². The largest absolute Gasteiger partial charge is 0.369 e. The van der Waals surface area contributed by atoms with Gasteiger partial charge in [-0.25, -0.2) is 0 Å². The summed E-state index contributed by atoms with van der Waals surface area (Å²) < 4.78 is 0. The number of benzene rings is 1. The average Bonchev–Trinajstić information content (AvgIpc) is 2.36. The van der Waals surface area contributed by atoms with E-state index in [2.05, 4.69) is 0 Å². The molecular formula is C14H20N2O2. The molecule has 0 aromatic heterocycles. The summed E-state index contributed by atoms with van der Waals surface area (Å²) in [6.45, 7) is 2.28. The fourth-order valence-electron chi connectivity index (χ4n) is 1.83. The third-order valence-corrected chi connectivity index (χ3v) is 2.89. The summed E-state index contributed by atoms with van der Waals surface area (Å²) in [5, 5.41) is 0. The van der Waals surface area contributed by atoms with Gasteiger partial charge in [0.1, 0.15) is 0 Å². The lowest BCUT2D eigenvalue weighted by Gasteiger charge is -2.22. The van der Waals surface area contributed by atoms with Gasteiger partial charge in [0.2, 0.25) is 11.8 Å². The van der Waals surface area contributed by atoms with Crippen LogP contribution in [0.2, 0.25) is 0 Å². The predicted octanol–water partition coefficient (Wildman–Crippen LogP) is 1.51. The van der Waals surface area contributed by atoms with Crippen LogP contribution < -0.4 is 5.73 Å². The number of primary amides is 1. The standard InChI is InChI=1S/C14H20N2O2/c1-3-7-13(17)16(2)10-12(14(15)18)11-8-5-4-6-9-11/h4-6,8-9,12H,3,7,10H2,1-2H3,(H2,15,18). The van der Waals surface area contributed by atoms with Crippen LogP contribution in [0.1, 0.15) is 31.2 Å². The second kappa shape index (κ2) is 6.79. The van der Waals surface area contributed by atoms with Crippen molar-refractivity contribution in [3.63, 3.8) is 0 Å². The Kier molecular flexibility index (Phi) is 5.36. The molecule has 4 heteroatoms. The van der Waals surface area contributed by atoms with Crippen LogP contribution in [0.15, 0.2) is 30.3 Å². The fraction of sp³-hybridized carbons (Fsp3) is 0.429. The third kappa shape index (κ3) is 3.87. The molecule has 98 valence electrons. The van der Waals surface area contributed by atoms with Crippen molar-refractivity contribution in [3.05, 3.63) is 35.9 Å². The Hall–Kier alpha value is -1.84. The molecule has 0 aliphatic rings. The van der Waals surface area contributed by atoms with Crippen molar-refractivity contribution in [1.29, 1.82) is 0 Å². The first-order chi connectivity index (χ1) is 8.56. The predicted molar refractivity (Wildman–Crippen MR) is 70.9 cm³/mol. The first-order valence-electron chi connectivity index (χ1n) is 6.14. The van der Waals surface area contributed by atoms with Gasteiger partial charge in [-0.3, -0.25) is 9.59 Å². The van der Waals surface area contributed by atoms with Gasteiger partial charge in [-0.15, -0.1) is 0 Å². The third-order valence-electron chi connectivity index (χ3n) is 2.89. The summed E-state index contributed by atoms with van der Waals surface area (Å²) in [7, 11) is 1.71. The van der Waals surface area contributed by atoms with Gasteiger partial charge in [0.25, 0.3) is 0 Å². The fourth-order valence-corrected chi connectivity index (χ4v) is 1.83. The summed E-state index contributed by atoms with van der Waals surface area (Å²) in [6, 6.07) is 9.31. The van der Waals surface area contributed by atoms with Crippen LogP contribution in [0.5, 0.6) is 0 Å². The van der Waals surface area contributed by atoms with E-state index < -0.39 is 11.8 Å². The highest BCUT2D eigenvalue weighted by Crippen LogP contribution is 2.16. The molecule has 2 N–H and O–H groups in total. The smallest absolute Gasteiger partial charge is 0.226 e. The van der Waals surface area contributed by atoms with Crippen molar-refractivity contribution in [2.24, 2.45) is 5.73 Å². The molecule has 1 aromatic rings. The summed E-state index contributed by atoms with van der Waals surface area (Å²) in [5.74, 6) is -0.811. The number of nitrogens with zero attached hydrogens (tertiary/aromatic N) is 1. The Morgan fingerprint density at radius 2 is 1.89 bits per heavy atom. The van der Waals surface area contributed by atoms with E-state index in [0.29, 0.717) is 13.0 Å². The van der Waals surface area contributed by atoms with Gasteiger partial charge in [0.15, 0.2) is 0 Å². The van der Waals surface area contributed by atoms with E-state index in [1.807, 2.05) is 37.3 Å². The van der Waals surface area contributed by atoms with Crippen LogP contribution in [-0.2, 0) is 9.59 Å². The van der Waals surface area contributed by atoms with Crippen molar-refractivity contribution < 1.29 is 9.59 Å². The molecule has 18 heavy (non-hydrogen) atoms. The normalized spacial score (nSPS) is 11.9. The number of nitrogens with two attached hydrogens (primary N) is 1. The molecule has 0 fully saturated rings. The molecule has 0 heterocycles. The van der Waals surface area contributed by atoms with E-state index in [4.69, 9.17) is 5.73 Å². The second-order valence-corrected chi connectivity index (χ2v) is 4.39. The Morgan fingerprint density at radius 3 is 2.39 bits per heavy atom. The molecule has 0 radical (unpaired) electrons. The second-order valence-electron chi connectivity index (χ2n) is 4.39. The molecule has 1 rings (SSSR count). The van der Waals surface area contributed by atoms with E-state index in [1.165, 1.54) is 0 Å². The highest BCUT2D eigenvalue weighted by Gasteiger charge is 2.21. The van der Waals surface area contributed by atoms with E-state index in [9.17, 15) is 9.59 Å². The molecular weight excluding hydrogens is 228 g/mol. The van der Waals surface area contributed by atoms with E-state index in [-0.39, 0.29) is 5.91 Å². The van der Waals surface area contributed by atoms with Gasteiger partial charge in [0.05, 0.1) is 5.92 Å². The number of rotatable bonds is 6. The SMILES string of the molecule is CCCC(=O)N(C)CC(C(N)=O)c1ccccc1. The lowest BCUT2D eigenvalue weighted by atomic mass is 9.98. The monoisotopic (exact) mass is 248 g/mol. The molecule has 1 aromatic carbocycles. The number of hydrogen-bond acceptors (Lipinski definition) is 2. The molecule has 0 spiro atoms. The molecule has 0 saturated heterocycles. The number of hydrogen-bond donors (Lipinski definition) is 1. The highest BCUT2D eigenvalue weighted by atomic mass is 16.2. The summed E-state index contributed by atoms with van der Waals surface area (Å²) in [6.07, 6.45) is 1.30. The summed E-state index contributed by atoms with van der Waals surface area (Å²) in [4.78, 5) is 24.8. The summed E-state index contributed by atoms with van der Waals surface area (Å²) >= 11 is 0. The first-order valence-corrected chi connectivity index (χ1v) is 6.14. The van der Waals surface area contributed by atoms with Crippen molar-refractivity contribution in [1.82, 2.24) is 4.90 Å². The van der Waals surface area contributed by atoms with E-state index >= 15 is 0 Å². The molecule has 1 unspecified atom stereocenters. The van der Waals surface area contributed by atoms with Crippen LogP contribution in [-0.4, -0.2) is 30.3 Å². The lowest BCUT2D eigenvalue weighted by molar-refractivity contribution is -0.130. The zero-order valence-electron chi connectivity index (χ0n) is 10.9. The molecule has 1 atom stereocenters. The van der Waals surface area contributed by atoms with Crippen LogP contribution >= 0.6 is 0 Å². The van der Waals surface area contributed by atoms with Crippen LogP contribution in [0.4, 0.5) is 0 Å². The van der Waals surface area contributed by atoms with Crippen LogP contribution in [0.25, 0.3) is 0 Å². The quantitative estimate of drug-likeness (QED) is 0.829. The average molecular weight is 248 g/mol. The van der Waals surface area contributed by atoms with Crippen molar-refractivity contribution in [3.8, 4) is 0 Å². The molecule has 0 aliphatic carbocycles. The molecule has 0 aliphatic heterocycles. The van der Waals surface area contributed by atoms with Gasteiger partial charge >= 0.3 is 0 Å². The van der Waals surface area contributed by atoms with Crippen molar-refractivity contribution >= 4 is 11.8 Å². The topological polar surface area (TPSA) is 63.4 Å². The maximum Gasteiger partial charge on any atom is 0.226 e. The molecule has 4 nitrogen and oxygen atoms in total. The van der Waals surface area contributed by atoms with Crippen LogP contribution in [0.3, 0.4) is 0 Å². The molecule has 0 bridgehead atoms. The molecule has 2 amide bonds. The summed E-state index contributed by atoms with van der Waals surface area (Å²) in [5.41, 5.74) is 6.26. The van der Waals surface area contributed by atoms with Crippen molar-refractivity contribution in [2.75, 3.05) is 13.6 Å². The maximum atomic E-state index is 11.7. The lowest BCUT2D eigenvalue weighted by Crippen LogP contribution is -2.36. The highest BCUT2D eigenvalue weighted by molar-refractivity contribution is 5.83. The maximum absolute atomic E-state index is 11.7. The Morgan fingerprint density at radius 1 is 1.28 bits per heavy atom. The minimum absolute atomic E-state index is 0.0414. The van der Waals surface area contributed by atoms with Gasteiger partial charge in [-0.05, 0) is 12.0 Å². The minimum atomic E-state index is -0.447. The van der Waals surface area contributed by atoms with Gasteiger partial charge < -0.3 is 10.6 Å². The zero-order valence-corrected chi connectivity index (χ0v) is 10.9. The number of likely N-dealkylation sites (N-methyl/N-ethyl adjacent to an activating group) is 1. The number of amides is 2. The minimum Gasteiger partial charge on any atom is -0.369 e. The Balaban J connectivity index is 2.76. The van der Waals surface area contributed by atoms with E-state index in [0.717, 1.165) is 12.0 Å². The number of carbonyl (C=O) groups is 2.